The highest BCUT2D eigenvalue weighted by Gasteiger charge is 2.40. The summed E-state index contributed by atoms with van der Waals surface area (Å²) >= 11 is 0. The predicted octanol–water partition coefficient (Wildman–Crippen LogP) is 3.17. The van der Waals surface area contributed by atoms with Gasteiger partial charge in [-0.15, -0.1) is 0 Å². The average Bonchev–Trinajstić information content (AvgIpc) is 3.17. The molecule has 2 aromatic rings. The van der Waals surface area contributed by atoms with Crippen molar-refractivity contribution in [3.63, 3.8) is 0 Å². The number of rotatable bonds is 5. The van der Waals surface area contributed by atoms with Crippen LogP contribution in [0.2, 0.25) is 0 Å². The minimum absolute atomic E-state index is 0.0691. The number of benzene rings is 1. The summed E-state index contributed by atoms with van der Waals surface area (Å²) in [5.74, 6) is 1.66. The van der Waals surface area contributed by atoms with Gasteiger partial charge in [-0.1, -0.05) is 17.3 Å². The van der Waals surface area contributed by atoms with Crippen LogP contribution in [0.5, 0.6) is 5.75 Å². The largest absolute Gasteiger partial charge is 0.497 e. The number of ether oxygens (including phenoxy) is 1. The van der Waals surface area contributed by atoms with Crippen molar-refractivity contribution < 1.29 is 14.4 Å². The van der Waals surface area contributed by atoms with Crippen LogP contribution >= 0.6 is 0 Å². The SMILES string of the molecule is COc1ccc([C@](C)(O)[C@@H]2CCCN2Cc2c(C)noc2C)cc1. The highest BCUT2D eigenvalue weighted by Crippen LogP contribution is 2.36. The Morgan fingerprint density at radius 3 is 2.62 bits per heavy atom. The van der Waals surface area contributed by atoms with Crippen molar-refractivity contribution in [2.75, 3.05) is 13.7 Å². The van der Waals surface area contributed by atoms with Gasteiger partial charge < -0.3 is 14.4 Å². The average molecular weight is 330 g/mol. The number of nitrogens with zero attached hydrogens (tertiary/aromatic N) is 2. The van der Waals surface area contributed by atoms with Crippen molar-refractivity contribution in [3.05, 3.63) is 46.8 Å². The molecule has 1 aliphatic heterocycles. The molecule has 1 aliphatic rings. The second kappa shape index (κ2) is 6.57. The van der Waals surface area contributed by atoms with Gasteiger partial charge in [-0.05, 0) is 57.9 Å². The molecule has 2 atom stereocenters. The summed E-state index contributed by atoms with van der Waals surface area (Å²) in [5.41, 5.74) is 2.07. The minimum atomic E-state index is -0.915. The molecule has 2 heterocycles. The van der Waals surface area contributed by atoms with E-state index in [1.165, 1.54) is 0 Å². The van der Waals surface area contributed by atoms with Gasteiger partial charge in [0, 0.05) is 18.2 Å². The van der Waals surface area contributed by atoms with Crippen molar-refractivity contribution in [3.8, 4) is 5.75 Å². The fourth-order valence-corrected chi connectivity index (χ4v) is 3.70. The molecule has 0 bridgehead atoms. The Bertz CT molecular complexity index is 672. The molecule has 0 amide bonds. The molecule has 1 aromatic heterocycles. The van der Waals surface area contributed by atoms with Gasteiger partial charge >= 0.3 is 0 Å². The molecular formula is C19H26N2O3. The fraction of sp³-hybridized carbons (Fsp3) is 0.526. The van der Waals surface area contributed by atoms with Crippen LogP contribution < -0.4 is 4.74 Å². The minimum Gasteiger partial charge on any atom is -0.497 e. The van der Waals surface area contributed by atoms with Gasteiger partial charge in [-0.3, -0.25) is 4.90 Å². The van der Waals surface area contributed by atoms with E-state index in [-0.39, 0.29) is 6.04 Å². The molecule has 1 N–H and O–H groups in total. The Morgan fingerprint density at radius 2 is 2.04 bits per heavy atom. The van der Waals surface area contributed by atoms with Crippen LogP contribution in [0.3, 0.4) is 0 Å². The first kappa shape index (κ1) is 17.0. The Balaban J connectivity index is 1.83. The third-order valence-electron chi connectivity index (χ3n) is 5.23. The van der Waals surface area contributed by atoms with Gasteiger partial charge in [0.25, 0.3) is 0 Å². The van der Waals surface area contributed by atoms with Crippen LogP contribution in [-0.2, 0) is 12.1 Å². The summed E-state index contributed by atoms with van der Waals surface area (Å²) in [6, 6.07) is 7.77. The molecule has 1 fully saturated rings. The molecule has 130 valence electrons. The van der Waals surface area contributed by atoms with E-state index >= 15 is 0 Å². The number of aryl methyl sites for hydroxylation is 2. The number of aromatic nitrogens is 1. The van der Waals surface area contributed by atoms with Crippen LogP contribution in [0.25, 0.3) is 0 Å². The number of likely N-dealkylation sites (tertiary alicyclic amines) is 1. The maximum absolute atomic E-state index is 11.3. The fourth-order valence-electron chi connectivity index (χ4n) is 3.70. The Labute approximate surface area is 143 Å². The zero-order chi connectivity index (χ0) is 17.3. The second-order valence-electron chi connectivity index (χ2n) is 6.81. The molecule has 5 heteroatoms. The predicted molar refractivity (Wildman–Crippen MR) is 92.0 cm³/mol. The number of methoxy groups -OCH3 is 1. The zero-order valence-electron chi connectivity index (χ0n) is 14.9. The van der Waals surface area contributed by atoms with Gasteiger partial charge in [0.1, 0.15) is 17.1 Å². The monoisotopic (exact) mass is 330 g/mol. The van der Waals surface area contributed by atoms with Gasteiger partial charge in [0.15, 0.2) is 0 Å². The maximum atomic E-state index is 11.3. The first-order chi connectivity index (χ1) is 11.4. The summed E-state index contributed by atoms with van der Waals surface area (Å²) in [5, 5.41) is 15.3. The molecule has 5 nitrogen and oxygen atoms in total. The van der Waals surface area contributed by atoms with Crippen molar-refractivity contribution in [2.45, 2.75) is 51.8 Å². The molecule has 1 aromatic carbocycles. The van der Waals surface area contributed by atoms with Gasteiger partial charge in [-0.2, -0.15) is 0 Å². The maximum Gasteiger partial charge on any atom is 0.138 e. The highest BCUT2D eigenvalue weighted by molar-refractivity contribution is 5.32. The normalized spacial score (nSPS) is 21.0. The second-order valence-corrected chi connectivity index (χ2v) is 6.81. The third-order valence-corrected chi connectivity index (χ3v) is 5.23. The smallest absolute Gasteiger partial charge is 0.138 e. The molecular weight excluding hydrogens is 304 g/mol. The summed E-state index contributed by atoms with van der Waals surface area (Å²) in [6.45, 7) is 7.56. The molecule has 0 unspecified atom stereocenters. The van der Waals surface area contributed by atoms with Crippen LogP contribution in [0, 0.1) is 13.8 Å². The van der Waals surface area contributed by atoms with Crippen molar-refractivity contribution in [1.82, 2.24) is 10.1 Å². The lowest BCUT2D eigenvalue weighted by Crippen LogP contribution is -2.45. The van der Waals surface area contributed by atoms with E-state index in [1.807, 2.05) is 45.0 Å². The first-order valence-electron chi connectivity index (χ1n) is 8.46. The summed E-state index contributed by atoms with van der Waals surface area (Å²) in [4.78, 5) is 2.34. The molecule has 3 rings (SSSR count). The Kier molecular flexibility index (Phi) is 4.65. The van der Waals surface area contributed by atoms with Gasteiger partial charge in [0.05, 0.1) is 12.8 Å². The molecule has 0 saturated carbocycles. The van der Waals surface area contributed by atoms with Gasteiger partial charge in [-0.25, -0.2) is 0 Å². The topological polar surface area (TPSA) is 58.7 Å². The Hall–Kier alpha value is -1.85. The molecule has 0 aliphatic carbocycles. The zero-order valence-corrected chi connectivity index (χ0v) is 14.9. The van der Waals surface area contributed by atoms with E-state index in [1.54, 1.807) is 7.11 Å². The molecule has 0 radical (unpaired) electrons. The van der Waals surface area contributed by atoms with Crippen LogP contribution in [0.15, 0.2) is 28.8 Å². The van der Waals surface area contributed by atoms with Crippen molar-refractivity contribution in [1.29, 1.82) is 0 Å². The van der Waals surface area contributed by atoms with E-state index in [0.717, 1.165) is 54.3 Å². The number of hydrogen-bond acceptors (Lipinski definition) is 5. The lowest BCUT2D eigenvalue weighted by Gasteiger charge is -2.37. The van der Waals surface area contributed by atoms with Gasteiger partial charge in [0.2, 0.25) is 0 Å². The number of aliphatic hydroxyl groups is 1. The van der Waals surface area contributed by atoms with Crippen LogP contribution in [-0.4, -0.2) is 34.9 Å². The van der Waals surface area contributed by atoms with Crippen molar-refractivity contribution in [2.24, 2.45) is 0 Å². The molecule has 24 heavy (non-hydrogen) atoms. The quantitative estimate of drug-likeness (QED) is 0.912. The van der Waals surface area contributed by atoms with Crippen LogP contribution in [0.1, 0.15) is 42.3 Å². The lowest BCUT2D eigenvalue weighted by molar-refractivity contribution is -0.0256. The van der Waals surface area contributed by atoms with Crippen molar-refractivity contribution >= 4 is 0 Å². The molecule has 0 spiro atoms. The van der Waals surface area contributed by atoms with E-state index < -0.39 is 5.60 Å². The van der Waals surface area contributed by atoms with E-state index in [2.05, 4.69) is 10.1 Å². The summed E-state index contributed by atoms with van der Waals surface area (Å²) in [6.07, 6.45) is 2.06. The van der Waals surface area contributed by atoms with Crippen LogP contribution in [0.4, 0.5) is 0 Å². The standard InChI is InChI=1S/C19H26N2O3/c1-13-17(14(2)24-20-13)12-21-11-5-6-18(21)19(3,22)15-7-9-16(23-4)10-8-15/h7-10,18,22H,5-6,11-12H2,1-4H3/t18-,19-/m0/s1. The van der Waals surface area contributed by atoms with E-state index in [0.29, 0.717) is 0 Å². The lowest BCUT2D eigenvalue weighted by atomic mass is 9.86. The number of hydrogen-bond donors (Lipinski definition) is 1. The summed E-state index contributed by atoms with van der Waals surface area (Å²) < 4.78 is 10.5. The Morgan fingerprint density at radius 1 is 1.33 bits per heavy atom. The molecule has 1 saturated heterocycles. The third kappa shape index (κ3) is 3.06. The summed E-state index contributed by atoms with van der Waals surface area (Å²) in [7, 11) is 1.65. The highest BCUT2D eigenvalue weighted by atomic mass is 16.5. The first-order valence-corrected chi connectivity index (χ1v) is 8.46. The van der Waals surface area contributed by atoms with E-state index in [9.17, 15) is 5.11 Å². The van der Waals surface area contributed by atoms with E-state index in [4.69, 9.17) is 9.26 Å².